The van der Waals surface area contributed by atoms with Crippen molar-refractivity contribution in [2.45, 2.75) is 30.7 Å². The zero-order valence-corrected chi connectivity index (χ0v) is 18.1. The Labute approximate surface area is 186 Å². The van der Waals surface area contributed by atoms with Crippen molar-refractivity contribution in [1.29, 1.82) is 0 Å². The fraction of sp³-hybridized carbons (Fsp3) is 0.167. The van der Waals surface area contributed by atoms with Crippen molar-refractivity contribution in [3.63, 3.8) is 0 Å². The summed E-state index contributed by atoms with van der Waals surface area (Å²) < 4.78 is 27.7. The molecule has 164 valence electrons. The van der Waals surface area contributed by atoms with Crippen molar-refractivity contribution in [3.05, 3.63) is 101 Å². The maximum absolute atomic E-state index is 12.6. The van der Waals surface area contributed by atoms with Crippen LogP contribution in [0, 0.1) is 0 Å². The van der Waals surface area contributed by atoms with Crippen LogP contribution in [0.3, 0.4) is 0 Å². The van der Waals surface area contributed by atoms with Gasteiger partial charge in [0, 0.05) is 17.7 Å². The zero-order chi connectivity index (χ0) is 22.6. The molecule has 1 aliphatic carbocycles. The summed E-state index contributed by atoms with van der Waals surface area (Å²) in [6.07, 6.45) is 3.05. The van der Waals surface area contributed by atoms with Crippen LogP contribution in [0.15, 0.2) is 77.7 Å². The van der Waals surface area contributed by atoms with Gasteiger partial charge >= 0.3 is 0 Å². The smallest absolute Gasteiger partial charge is 0.267 e. The Bertz CT molecular complexity index is 1260. The first-order chi connectivity index (χ1) is 15.4. The topological polar surface area (TPSA) is 104 Å². The highest BCUT2D eigenvalue weighted by Gasteiger charge is 2.17. The molecule has 7 nitrogen and oxygen atoms in total. The second-order valence-corrected chi connectivity index (χ2v) is 9.35. The monoisotopic (exact) mass is 449 g/mol. The molecule has 32 heavy (non-hydrogen) atoms. The highest BCUT2D eigenvalue weighted by molar-refractivity contribution is 7.89. The molecule has 3 aromatic carbocycles. The van der Waals surface area contributed by atoms with Crippen LogP contribution < -0.4 is 15.6 Å². The van der Waals surface area contributed by atoms with E-state index in [4.69, 9.17) is 0 Å². The minimum absolute atomic E-state index is 0.0361. The number of hydrazine groups is 1. The number of nitrogens with one attached hydrogen (secondary N) is 3. The molecule has 1 aliphatic rings. The molecule has 0 spiro atoms. The number of benzene rings is 3. The lowest BCUT2D eigenvalue weighted by atomic mass is 10.1. The molecule has 0 saturated heterocycles. The van der Waals surface area contributed by atoms with E-state index >= 15 is 0 Å². The summed E-state index contributed by atoms with van der Waals surface area (Å²) in [5.41, 5.74) is 8.55. The predicted octanol–water partition coefficient (Wildman–Crippen LogP) is 2.73. The van der Waals surface area contributed by atoms with Crippen LogP contribution >= 0.6 is 0 Å². The molecular weight excluding hydrogens is 426 g/mol. The number of fused-ring (bicyclic) bond motifs is 1. The summed E-state index contributed by atoms with van der Waals surface area (Å²) in [5, 5.41) is 0. The second-order valence-electron chi connectivity index (χ2n) is 7.58. The molecule has 4 rings (SSSR count). The highest BCUT2D eigenvalue weighted by Crippen LogP contribution is 2.22. The number of hydrogen-bond acceptors (Lipinski definition) is 4. The maximum atomic E-state index is 12.6. The largest absolute Gasteiger partial charge is 0.269 e. The lowest BCUT2D eigenvalue weighted by molar-refractivity contribution is 0.0846. The van der Waals surface area contributed by atoms with Gasteiger partial charge in [0.05, 0.1) is 4.90 Å². The predicted molar refractivity (Wildman–Crippen MR) is 120 cm³/mol. The molecule has 2 amide bonds. The fourth-order valence-electron chi connectivity index (χ4n) is 3.63. The number of aryl methyl sites for hydroxylation is 2. The Hall–Kier alpha value is -3.49. The van der Waals surface area contributed by atoms with E-state index in [2.05, 4.69) is 15.6 Å². The number of sulfonamides is 1. The lowest BCUT2D eigenvalue weighted by Crippen LogP contribution is -2.41. The number of hydrogen-bond donors (Lipinski definition) is 3. The van der Waals surface area contributed by atoms with Gasteiger partial charge in [-0.1, -0.05) is 42.5 Å². The van der Waals surface area contributed by atoms with Gasteiger partial charge in [-0.15, -0.1) is 0 Å². The van der Waals surface area contributed by atoms with Crippen LogP contribution in [0.5, 0.6) is 0 Å². The molecule has 0 unspecified atom stereocenters. The molecule has 0 saturated carbocycles. The van der Waals surface area contributed by atoms with Gasteiger partial charge in [0.2, 0.25) is 10.0 Å². The summed E-state index contributed by atoms with van der Waals surface area (Å²) in [6.45, 7) is 0.135. The molecule has 8 heteroatoms. The van der Waals surface area contributed by atoms with E-state index in [9.17, 15) is 18.0 Å². The van der Waals surface area contributed by atoms with Gasteiger partial charge in [-0.05, 0) is 66.3 Å². The molecule has 0 atom stereocenters. The van der Waals surface area contributed by atoms with E-state index in [-0.39, 0.29) is 17.0 Å². The number of rotatable bonds is 6. The average molecular weight is 450 g/mol. The molecule has 0 aromatic heterocycles. The zero-order valence-electron chi connectivity index (χ0n) is 17.3. The van der Waals surface area contributed by atoms with Crippen molar-refractivity contribution in [3.8, 4) is 0 Å². The Morgan fingerprint density at radius 2 is 1.44 bits per heavy atom. The third kappa shape index (κ3) is 5.04. The van der Waals surface area contributed by atoms with E-state index in [1.54, 1.807) is 6.07 Å². The van der Waals surface area contributed by atoms with Gasteiger partial charge in [-0.25, -0.2) is 13.1 Å². The third-order valence-corrected chi connectivity index (χ3v) is 6.76. The number of carbonyl (C=O) groups excluding carboxylic acids is 2. The van der Waals surface area contributed by atoms with Crippen LogP contribution in [-0.4, -0.2) is 20.2 Å². The fourth-order valence-corrected chi connectivity index (χ4v) is 4.70. The van der Waals surface area contributed by atoms with Crippen LogP contribution in [-0.2, 0) is 29.4 Å². The molecule has 3 aromatic rings. The molecule has 0 radical (unpaired) electrons. The van der Waals surface area contributed by atoms with Crippen molar-refractivity contribution < 1.29 is 18.0 Å². The van der Waals surface area contributed by atoms with E-state index in [0.29, 0.717) is 5.56 Å². The van der Waals surface area contributed by atoms with Gasteiger partial charge in [0.25, 0.3) is 11.8 Å². The normalized spacial score (nSPS) is 12.8. The maximum Gasteiger partial charge on any atom is 0.269 e. The van der Waals surface area contributed by atoms with E-state index < -0.39 is 21.8 Å². The lowest BCUT2D eigenvalue weighted by Gasteiger charge is -2.10. The summed E-state index contributed by atoms with van der Waals surface area (Å²) in [4.78, 5) is 24.8. The molecule has 0 aliphatic heterocycles. The average Bonchev–Trinajstić information content (AvgIpc) is 3.30. The Morgan fingerprint density at radius 1 is 0.750 bits per heavy atom. The first-order valence-electron chi connectivity index (χ1n) is 10.3. The Kier molecular flexibility index (Phi) is 6.34. The third-order valence-electron chi connectivity index (χ3n) is 5.37. The molecule has 3 N–H and O–H groups in total. The molecule has 0 fully saturated rings. The molecular formula is C24H23N3O4S. The summed E-state index contributed by atoms with van der Waals surface area (Å²) in [5.74, 6) is -1.04. The van der Waals surface area contributed by atoms with Crippen molar-refractivity contribution in [2.24, 2.45) is 0 Å². The van der Waals surface area contributed by atoms with Crippen LogP contribution in [0.25, 0.3) is 0 Å². The van der Waals surface area contributed by atoms with Crippen molar-refractivity contribution in [2.75, 3.05) is 0 Å². The van der Waals surface area contributed by atoms with Crippen molar-refractivity contribution in [1.82, 2.24) is 15.6 Å². The summed E-state index contributed by atoms with van der Waals surface area (Å²) >= 11 is 0. The molecule has 0 bridgehead atoms. The van der Waals surface area contributed by atoms with Gasteiger partial charge < -0.3 is 0 Å². The van der Waals surface area contributed by atoms with Gasteiger partial charge in [-0.3, -0.25) is 20.4 Å². The van der Waals surface area contributed by atoms with Crippen LogP contribution in [0.1, 0.15) is 43.8 Å². The quantitative estimate of drug-likeness (QED) is 0.503. The summed E-state index contributed by atoms with van der Waals surface area (Å²) in [7, 11) is -3.81. The number of carbonyl (C=O) groups is 2. The first-order valence-corrected chi connectivity index (χ1v) is 11.8. The highest BCUT2D eigenvalue weighted by atomic mass is 32.2. The second kappa shape index (κ2) is 9.33. The van der Waals surface area contributed by atoms with E-state index in [1.165, 1.54) is 29.8 Å². The van der Waals surface area contributed by atoms with Gasteiger partial charge in [0.1, 0.15) is 0 Å². The minimum atomic E-state index is -3.81. The number of amides is 2. The standard InChI is InChI=1S/C24H23N3O4S/c28-23(26-27-24(29)21-13-12-18-8-4-9-19(18)14-21)20-10-5-11-22(15-20)32(30,31)25-16-17-6-2-1-3-7-17/h1-3,5-7,10-15,25H,4,8-9,16H2,(H,26,28)(H,27,29). The van der Waals surface area contributed by atoms with Crippen LogP contribution in [0.4, 0.5) is 0 Å². The first kappa shape index (κ1) is 21.7. The SMILES string of the molecule is O=C(NNC(=O)c1ccc2c(c1)CCC2)c1cccc(S(=O)(=O)NCc2ccccc2)c1. The summed E-state index contributed by atoms with van der Waals surface area (Å²) in [6, 6.07) is 20.3. The van der Waals surface area contributed by atoms with E-state index in [0.717, 1.165) is 30.4 Å². The van der Waals surface area contributed by atoms with Gasteiger partial charge in [0.15, 0.2) is 0 Å². The van der Waals surface area contributed by atoms with Crippen molar-refractivity contribution >= 4 is 21.8 Å². The van der Waals surface area contributed by atoms with Gasteiger partial charge in [-0.2, -0.15) is 0 Å². The molecule has 0 heterocycles. The Morgan fingerprint density at radius 3 is 2.19 bits per heavy atom. The minimum Gasteiger partial charge on any atom is -0.267 e. The Balaban J connectivity index is 1.39. The van der Waals surface area contributed by atoms with E-state index in [1.807, 2.05) is 42.5 Å². The van der Waals surface area contributed by atoms with Crippen LogP contribution in [0.2, 0.25) is 0 Å².